The van der Waals surface area contributed by atoms with E-state index in [4.69, 9.17) is 20.3 Å². The molecule has 2 aromatic carbocycles. The summed E-state index contributed by atoms with van der Waals surface area (Å²) in [5, 5.41) is 0.518. The van der Waals surface area contributed by atoms with Crippen molar-refractivity contribution in [3.63, 3.8) is 0 Å². The number of rotatable bonds is 9. The molecule has 1 fully saturated rings. The van der Waals surface area contributed by atoms with Gasteiger partial charge in [0.1, 0.15) is 11.2 Å². The van der Waals surface area contributed by atoms with E-state index in [2.05, 4.69) is 10.8 Å². The topological polar surface area (TPSA) is 110 Å². The molecule has 0 aliphatic carbocycles. The molecule has 43 heavy (non-hydrogen) atoms. The molecule has 0 spiro atoms. The fraction of sp³-hybridized carbons (Fsp3) is 0.438. The van der Waals surface area contributed by atoms with E-state index in [9.17, 15) is 18.0 Å². The lowest BCUT2D eigenvalue weighted by Crippen LogP contribution is -2.50. The molecule has 2 heterocycles. The van der Waals surface area contributed by atoms with Crippen LogP contribution in [0.3, 0.4) is 0 Å². The second kappa shape index (κ2) is 13.1. The van der Waals surface area contributed by atoms with Crippen molar-refractivity contribution in [2.75, 3.05) is 44.2 Å². The summed E-state index contributed by atoms with van der Waals surface area (Å²) >= 11 is 0. The predicted octanol–water partition coefficient (Wildman–Crippen LogP) is 5.19. The lowest BCUT2D eigenvalue weighted by molar-refractivity contribution is 0.0240. The molecule has 0 N–H and O–H groups in total. The number of terminal acetylenes is 1. The average molecular weight is 610 g/mol. The summed E-state index contributed by atoms with van der Waals surface area (Å²) in [6.07, 6.45) is 5.44. The Hall–Kier alpha value is -4.01. The van der Waals surface area contributed by atoms with Crippen LogP contribution in [0.4, 0.5) is 10.5 Å². The maximum Gasteiger partial charge on any atom is 0.410 e. The SMILES string of the molecule is C#CCCN(Cc1ccccc1N1CCN(C(=O)OC(C)(C)C)CC1)S(=O)(=O)c1ccc2oc(C(=O)OCC)c(C)c2c1. The Bertz CT molecular complexity index is 1620. The molecule has 4 rings (SSSR count). The van der Waals surface area contributed by atoms with Gasteiger partial charge in [-0.2, -0.15) is 4.31 Å². The van der Waals surface area contributed by atoms with Crippen LogP contribution in [0, 0.1) is 19.3 Å². The second-order valence-electron chi connectivity index (χ2n) is 11.3. The smallest absolute Gasteiger partial charge is 0.410 e. The molecule has 10 nitrogen and oxygen atoms in total. The number of nitrogens with zero attached hydrogens (tertiary/aromatic N) is 3. The van der Waals surface area contributed by atoms with Crippen molar-refractivity contribution >= 4 is 38.7 Å². The highest BCUT2D eigenvalue weighted by Gasteiger charge is 2.30. The zero-order valence-corrected chi connectivity index (χ0v) is 26.2. The van der Waals surface area contributed by atoms with Crippen molar-refractivity contribution in [2.45, 2.75) is 58.1 Å². The van der Waals surface area contributed by atoms with Gasteiger partial charge in [0.2, 0.25) is 15.8 Å². The summed E-state index contributed by atoms with van der Waals surface area (Å²) in [5.41, 5.74) is 2.05. The van der Waals surface area contributed by atoms with Gasteiger partial charge in [-0.1, -0.05) is 18.2 Å². The van der Waals surface area contributed by atoms with Crippen LogP contribution in [-0.4, -0.2) is 74.6 Å². The van der Waals surface area contributed by atoms with E-state index in [1.54, 1.807) is 24.8 Å². The Balaban J connectivity index is 1.59. The van der Waals surface area contributed by atoms with Crippen LogP contribution in [-0.2, 0) is 26.0 Å². The van der Waals surface area contributed by atoms with Gasteiger partial charge in [0, 0.05) is 62.3 Å². The average Bonchev–Trinajstić information content (AvgIpc) is 3.30. The molecule has 1 aliphatic heterocycles. The fourth-order valence-corrected chi connectivity index (χ4v) is 6.42. The maximum atomic E-state index is 14.0. The standard InChI is InChI=1S/C32H39N3O7S/c1-7-9-16-35(43(38,39)25-14-15-28-26(21-25)23(3)29(41-28)30(36)40-8-2)22-24-12-10-11-13-27(24)33-17-19-34(20-18-33)31(37)42-32(4,5)6/h1,10-15,21H,8-9,16-20,22H2,2-6H3. The number of carbonyl (C=O) groups is 2. The number of para-hydroxylation sites is 1. The molecule has 1 saturated heterocycles. The van der Waals surface area contributed by atoms with Crippen molar-refractivity contribution in [2.24, 2.45) is 0 Å². The molecule has 0 radical (unpaired) electrons. The quantitative estimate of drug-likeness (QED) is 0.241. The first-order valence-corrected chi connectivity index (χ1v) is 15.7. The Kier molecular flexibility index (Phi) is 9.72. The van der Waals surface area contributed by atoms with Gasteiger partial charge in [-0.25, -0.2) is 18.0 Å². The molecule has 230 valence electrons. The minimum atomic E-state index is -3.99. The first-order chi connectivity index (χ1) is 20.4. The molecule has 1 aromatic heterocycles. The van der Waals surface area contributed by atoms with E-state index in [1.165, 1.54) is 16.4 Å². The summed E-state index contributed by atoms with van der Waals surface area (Å²) in [4.78, 5) is 28.8. The lowest BCUT2D eigenvalue weighted by Gasteiger charge is -2.37. The largest absolute Gasteiger partial charge is 0.460 e. The highest BCUT2D eigenvalue weighted by atomic mass is 32.2. The summed E-state index contributed by atoms with van der Waals surface area (Å²) in [5.74, 6) is 2.01. The first kappa shape index (κ1) is 31.9. The Labute approximate surface area is 253 Å². The van der Waals surface area contributed by atoms with Crippen molar-refractivity contribution in [1.82, 2.24) is 9.21 Å². The Morgan fingerprint density at radius 2 is 1.79 bits per heavy atom. The molecule has 0 bridgehead atoms. The lowest BCUT2D eigenvalue weighted by atomic mass is 10.1. The number of esters is 1. The van der Waals surface area contributed by atoms with Crippen LogP contribution in [0.1, 0.15) is 55.8 Å². The van der Waals surface area contributed by atoms with Crippen LogP contribution in [0.15, 0.2) is 51.8 Å². The maximum absolute atomic E-state index is 14.0. The van der Waals surface area contributed by atoms with Gasteiger partial charge in [0.05, 0.1) is 11.5 Å². The molecule has 0 saturated carbocycles. The van der Waals surface area contributed by atoms with Crippen LogP contribution >= 0.6 is 0 Å². The molecule has 11 heteroatoms. The van der Waals surface area contributed by atoms with Crippen molar-refractivity contribution in [3.8, 4) is 12.3 Å². The van der Waals surface area contributed by atoms with Crippen molar-refractivity contribution < 1.29 is 31.9 Å². The first-order valence-electron chi connectivity index (χ1n) is 14.3. The van der Waals surface area contributed by atoms with E-state index in [0.29, 0.717) is 42.7 Å². The van der Waals surface area contributed by atoms with Crippen LogP contribution in [0.25, 0.3) is 11.0 Å². The van der Waals surface area contributed by atoms with E-state index < -0.39 is 21.6 Å². The van der Waals surface area contributed by atoms with Crippen molar-refractivity contribution in [3.05, 3.63) is 59.4 Å². The van der Waals surface area contributed by atoms with Gasteiger partial charge in [-0.15, -0.1) is 12.3 Å². The third-order valence-electron chi connectivity index (χ3n) is 7.12. The molecule has 0 atom stereocenters. The van der Waals surface area contributed by atoms with E-state index in [1.807, 2.05) is 45.0 Å². The number of hydrogen-bond donors (Lipinski definition) is 0. The zero-order valence-electron chi connectivity index (χ0n) is 25.4. The number of furan rings is 1. The molecule has 1 aliphatic rings. The van der Waals surface area contributed by atoms with Gasteiger partial charge in [-0.3, -0.25) is 0 Å². The molecule has 0 unspecified atom stereocenters. The number of fused-ring (bicyclic) bond motifs is 1. The van der Waals surface area contributed by atoms with Gasteiger partial charge in [-0.05, 0) is 64.4 Å². The zero-order chi connectivity index (χ0) is 31.4. The highest BCUT2D eigenvalue weighted by Crippen LogP contribution is 2.31. The third-order valence-corrected chi connectivity index (χ3v) is 8.96. The number of benzene rings is 2. The number of carbonyl (C=O) groups excluding carboxylic acids is 2. The summed E-state index contributed by atoms with van der Waals surface area (Å²) in [6.45, 7) is 11.5. The number of amides is 1. The molecular formula is C32H39N3O7S. The number of hydrogen-bond acceptors (Lipinski definition) is 8. The van der Waals surface area contributed by atoms with Crippen LogP contribution < -0.4 is 4.90 Å². The van der Waals surface area contributed by atoms with Gasteiger partial charge in [0.25, 0.3) is 0 Å². The monoisotopic (exact) mass is 609 g/mol. The summed E-state index contributed by atoms with van der Waals surface area (Å²) in [6, 6.07) is 12.2. The van der Waals surface area contributed by atoms with Crippen LogP contribution in [0.2, 0.25) is 0 Å². The normalized spacial score (nSPS) is 14.2. The highest BCUT2D eigenvalue weighted by molar-refractivity contribution is 7.89. The number of ether oxygens (including phenoxy) is 2. The summed E-state index contributed by atoms with van der Waals surface area (Å²) < 4.78 is 45.7. The summed E-state index contributed by atoms with van der Waals surface area (Å²) in [7, 11) is -3.99. The number of piperazine rings is 1. The number of anilines is 1. The molecular weight excluding hydrogens is 570 g/mol. The third kappa shape index (κ3) is 7.32. The minimum absolute atomic E-state index is 0.0521. The predicted molar refractivity (Wildman–Crippen MR) is 164 cm³/mol. The van der Waals surface area contributed by atoms with Gasteiger partial charge < -0.3 is 23.7 Å². The number of aryl methyl sites for hydroxylation is 1. The van der Waals surface area contributed by atoms with E-state index >= 15 is 0 Å². The van der Waals surface area contributed by atoms with Crippen molar-refractivity contribution in [1.29, 1.82) is 0 Å². The van der Waals surface area contributed by atoms with Gasteiger partial charge in [0.15, 0.2) is 0 Å². The van der Waals surface area contributed by atoms with Crippen LogP contribution in [0.5, 0.6) is 0 Å². The molecule has 3 aromatic rings. The van der Waals surface area contributed by atoms with Gasteiger partial charge >= 0.3 is 12.1 Å². The second-order valence-corrected chi connectivity index (χ2v) is 13.2. The van der Waals surface area contributed by atoms with E-state index in [0.717, 1.165) is 11.3 Å². The number of sulfonamides is 1. The minimum Gasteiger partial charge on any atom is -0.460 e. The Morgan fingerprint density at radius 3 is 2.44 bits per heavy atom. The fourth-order valence-electron chi connectivity index (χ4n) is 4.97. The molecule has 1 amide bonds. The Morgan fingerprint density at radius 1 is 1.09 bits per heavy atom. The van der Waals surface area contributed by atoms with E-state index in [-0.39, 0.29) is 42.9 Å².